The number of benzene rings is 1. The van der Waals surface area contributed by atoms with Crippen molar-refractivity contribution in [3.8, 4) is 0 Å². The van der Waals surface area contributed by atoms with E-state index in [1.54, 1.807) is 13.8 Å². The van der Waals surface area contributed by atoms with Gasteiger partial charge in [-0.05, 0) is 31.9 Å². The number of hydrogen-bond donors (Lipinski definition) is 1. The summed E-state index contributed by atoms with van der Waals surface area (Å²) in [5.41, 5.74) is 2.50. The normalized spacial score (nSPS) is 11.7. The molecular formula is C15H24N2O4S. The first-order valence-corrected chi connectivity index (χ1v) is 8.46. The Morgan fingerprint density at radius 1 is 1.23 bits per heavy atom. The van der Waals surface area contributed by atoms with Gasteiger partial charge in [-0.2, -0.15) is 4.31 Å². The molecule has 0 saturated heterocycles. The lowest BCUT2D eigenvalue weighted by Gasteiger charge is -2.20. The number of aryl methyl sites for hydroxylation is 3. The first-order chi connectivity index (χ1) is 10.2. The number of likely N-dealkylation sites (N-methyl/N-ethyl adjacent to an activating group) is 2. The predicted octanol–water partition coefficient (Wildman–Crippen LogP) is 0.995. The Labute approximate surface area is 132 Å². The zero-order chi connectivity index (χ0) is 16.9. The molecule has 0 atom stereocenters. The van der Waals surface area contributed by atoms with Crippen molar-refractivity contribution in [3.63, 3.8) is 0 Å². The van der Waals surface area contributed by atoms with Crippen LogP contribution in [0, 0.1) is 20.8 Å². The molecule has 0 aliphatic carbocycles. The Morgan fingerprint density at radius 3 is 2.27 bits per heavy atom. The monoisotopic (exact) mass is 328 g/mol. The first kappa shape index (κ1) is 18.6. The Morgan fingerprint density at radius 2 is 1.77 bits per heavy atom. The lowest BCUT2D eigenvalue weighted by Crippen LogP contribution is -2.32. The molecule has 7 heteroatoms. The SMILES string of the molecule is CNC(=O)COCCN(C)S(=O)(=O)c1c(C)cc(C)cc1C. The van der Waals surface area contributed by atoms with E-state index in [1.165, 1.54) is 18.4 Å². The minimum Gasteiger partial charge on any atom is -0.370 e. The van der Waals surface area contributed by atoms with Crippen molar-refractivity contribution in [1.29, 1.82) is 0 Å². The molecule has 0 aliphatic heterocycles. The van der Waals surface area contributed by atoms with Crippen molar-refractivity contribution in [3.05, 3.63) is 28.8 Å². The second-order valence-electron chi connectivity index (χ2n) is 5.28. The topological polar surface area (TPSA) is 75.7 Å². The molecule has 1 aromatic carbocycles. The molecule has 0 aliphatic rings. The molecule has 0 heterocycles. The lowest BCUT2D eigenvalue weighted by molar-refractivity contribution is -0.125. The van der Waals surface area contributed by atoms with Gasteiger partial charge in [0.15, 0.2) is 0 Å². The molecule has 1 amide bonds. The molecule has 0 fully saturated rings. The van der Waals surface area contributed by atoms with Crippen LogP contribution in [-0.4, -0.2) is 52.5 Å². The van der Waals surface area contributed by atoms with Crippen LogP contribution in [-0.2, 0) is 19.6 Å². The summed E-state index contributed by atoms with van der Waals surface area (Å²) in [6.45, 7) is 5.80. The van der Waals surface area contributed by atoms with Crippen LogP contribution in [0.5, 0.6) is 0 Å². The summed E-state index contributed by atoms with van der Waals surface area (Å²) in [6, 6.07) is 3.71. The first-order valence-electron chi connectivity index (χ1n) is 7.02. The number of nitrogens with zero attached hydrogens (tertiary/aromatic N) is 1. The van der Waals surface area contributed by atoms with Crippen molar-refractivity contribution in [2.45, 2.75) is 25.7 Å². The van der Waals surface area contributed by atoms with E-state index in [2.05, 4.69) is 5.32 Å². The fourth-order valence-electron chi connectivity index (χ4n) is 2.28. The Hall–Kier alpha value is -1.44. The molecular weight excluding hydrogens is 304 g/mol. The van der Waals surface area contributed by atoms with Crippen molar-refractivity contribution in [2.24, 2.45) is 0 Å². The van der Waals surface area contributed by atoms with Crippen molar-refractivity contribution in [1.82, 2.24) is 9.62 Å². The van der Waals surface area contributed by atoms with Crippen molar-refractivity contribution >= 4 is 15.9 Å². The van der Waals surface area contributed by atoms with E-state index in [0.717, 1.165) is 16.7 Å². The van der Waals surface area contributed by atoms with Crippen LogP contribution < -0.4 is 5.32 Å². The van der Waals surface area contributed by atoms with Gasteiger partial charge < -0.3 is 10.1 Å². The summed E-state index contributed by atoms with van der Waals surface area (Å²) in [5.74, 6) is -0.240. The lowest BCUT2D eigenvalue weighted by atomic mass is 10.1. The summed E-state index contributed by atoms with van der Waals surface area (Å²) in [5, 5.41) is 2.43. The summed E-state index contributed by atoms with van der Waals surface area (Å²) in [6.07, 6.45) is 0. The van der Waals surface area contributed by atoms with E-state index in [0.29, 0.717) is 4.90 Å². The third-order valence-corrected chi connectivity index (χ3v) is 5.50. The largest absolute Gasteiger partial charge is 0.370 e. The number of nitrogens with one attached hydrogen (secondary N) is 1. The van der Waals surface area contributed by atoms with Crippen molar-refractivity contribution in [2.75, 3.05) is 33.9 Å². The van der Waals surface area contributed by atoms with Crippen LogP contribution in [0.2, 0.25) is 0 Å². The van der Waals surface area contributed by atoms with E-state index in [9.17, 15) is 13.2 Å². The van der Waals surface area contributed by atoms with Crippen LogP contribution in [0.1, 0.15) is 16.7 Å². The Bertz CT molecular complexity index is 618. The van der Waals surface area contributed by atoms with Gasteiger partial charge in [-0.15, -0.1) is 0 Å². The molecule has 6 nitrogen and oxygen atoms in total. The molecule has 1 rings (SSSR count). The molecule has 0 spiro atoms. The average molecular weight is 328 g/mol. The molecule has 1 aromatic rings. The molecule has 124 valence electrons. The average Bonchev–Trinajstić information content (AvgIpc) is 2.41. The zero-order valence-electron chi connectivity index (χ0n) is 13.8. The van der Waals surface area contributed by atoms with Gasteiger partial charge in [0.05, 0.1) is 11.5 Å². The second kappa shape index (κ2) is 7.71. The highest BCUT2D eigenvalue weighted by Gasteiger charge is 2.24. The quantitative estimate of drug-likeness (QED) is 0.758. The van der Waals surface area contributed by atoms with E-state index in [1.807, 2.05) is 19.1 Å². The van der Waals surface area contributed by atoms with Gasteiger partial charge in [0.25, 0.3) is 0 Å². The number of rotatable bonds is 7. The van der Waals surface area contributed by atoms with Crippen LogP contribution >= 0.6 is 0 Å². The molecule has 1 N–H and O–H groups in total. The minimum absolute atomic E-state index is 0.0764. The molecule has 22 heavy (non-hydrogen) atoms. The molecule has 0 saturated carbocycles. The number of amides is 1. The maximum absolute atomic E-state index is 12.7. The number of sulfonamides is 1. The smallest absolute Gasteiger partial charge is 0.245 e. The minimum atomic E-state index is -3.57. The highest BCUT2D eigenvalue weighted by atomic mass is 32.2. The highest BCUT2D eigenvalue weighted by molar-refractivity contribution is 7.89. The maximum Gasteiger partial charge on any atom is 0.245 e. The van der Waals surface area contributed by atoms with E-state index < -0.39 is 10.0 Å². The van der Waals surface area contributed by atoms with Crippen LogP contribution in [0.3, 0.4) is 0 Å². The van der Waals surface area contributed by atoms with Crippen molar-refractivity contribution < 1.29 is 17.9 Å². The summed E-state index contributed by atoms with van der Waals surface area (Å²) in [4.78, 5) is 11.4. The van der Waals surface area contributed by atoms with Gasteiger partial charge in [0.2, 0.25) is 15.9 Å². The van der Waals surface area contributed by atoms with Gasteiger partial charge in [-0.1, -0.05) is 17.7 Å². The van der Waals surface area contributed by atoms with Crippen LogP contribution in [0.4, 0.5) is 0 Å². The van der Waals surface area contributed by atoms with Crippen LogP contribution in [0.15, 0.2) is 17.0 Å². The number of carbonyl (C=O) groups is 1. The Balaban J connectivity index is 2.80. The number of ether oxygens (including phenoxy) is 1. The fourth-order valence-corrected chi connectivity index (χ4v) is 3.84. The molecule has 0 aromatic heterocycles. The highest BCUT2D eigenvalue weighted by Crippen LogP contribution is 2.24. The summed E-state index contributed by atoms with van der Waals surface area (Å²) >= 11 is 0. The maximum atomic E-state index is 12.7. The Kier molecular flexibility index (Phi) is 6.52. The summed E-state index contributed by atoms with van der Waals surface area (Å²) in [7, 11) is -0.540. The van der Waals surface area contributed by atoms with Gasteiger partial charge in [-0.3, -0.25) is 4.79 Å². The third kappa shape index (κ3) is 4.53. The van der Waals surface area contributed by atoms with Gasteiger partial charge in [0.1, 0.15) is 6.61 Å². The third-order valence-electron chi connectivity index (χ3n) is 3.34. The van der Waals surface area contributed by atoms with Crippen LogP contribution in [0.25, 0.3) is 0 Å². The fraction of sp³-hybridized carbons (Fsp3) is 0.533. The van der Waals surface area contributed by atoms with Gasteiger partial charge in [-0.25, -0.2) is 8.42 Å². The standard InChI is InChI=1S/C15H24N2O4S/c1-11-8-12(2)15(13(3)9-11)22(19,20)17(5)6-7-21-10-14(18)16-4/h8-9H,6-7,10H2,1-5H3,(H,16,18). The number of carbonyl (C=O) groups excluding carboxylic acids is 1. The number of hydrogen-bond acceptors (Lipinski definition) is 4. The van der Waals surface area contributed by atoms with Gasteiger partial charge in [0, 0.05) is 20.6 Å². The summed E-state index contributed by atoms with van der Waals surface area (Å²) < 4.78 is 31.7. The zero-order valence-corrected chi connectivity index (χ0v) is 14.6. The second-order valence-corrected chi connectivity index (χ2v) is 7.26. The molecule has 0 bridgehead atoms. The molecule has 0 unspecified atom stereocenters. The predicted molar refractivity (Wildman–Crippen MR) is 85.4 cm³/mol. The van der Waals surface area contributed by atoms with E-state index >= 15 is 0 Å². The van der Waals surface area contributed by atoms with Gasteiger partial charge >= 0.3 is 0 Å². The van der Waals surface area contributed by atoms with E-state index in [-0.39, 0.29) is 25.7 Å². The van der Waals surface area contributed by atoms with E-state index in [4.69, 9.17) is 4.74 Å². The molecule has 0 radical (unpaired) electrons.